The molecule has 2 aromatic rings. The van der Waals surface area contributed by atoms with E-state index in [-0.39, 0.29) is 11.7 Å². The van der Waals surface area contributed by atoms with Gasteiger partial charge in [0.25, 0.3) is 0 Å². The van der Waals surface area contributed by atoms with Crippen LogP contribution in [-0.4, -0.2) is 13.1 Å². The molecule has 1 fully saturated rings. The summed E-state index contributed by atoms with van der Waals surface area (Å²) >= 11 is 0. The molecule has 3 heteroatoms. The highest BCUT2D eigenvalue weighted by atomic mass is 19.1. The standard InChI is InChI=1S/C15H18FNO/c1-2-10-9-17-7-5-12(10)14-13(16)4-3-11-6-8-18-15(11)14/h3-4,6,8,10,12,17H,2,5,7,9H2,1H3/t10-,12+/m0/s1. The second kappa shape index (κ2) is 4.73. The molecule has 0 amide bonds. The Morgan fingerprint density at radius 2 is 2.28 bits per heavy atom. The SMILES string of the molecule is CC[C@H]1CNCC[C@H]1c1c(F)ccc2ccoc12. The summed E-state index contributed by atoms with van der Waals surface area (Å²) in [5.41, 5.74) is 1.52. The molecular formula is C15H18FNO. The third-order valence-electron chi connectivity index (χ3n) is 4.11. The Labute approximate surface area is 106 Å². The lowest BCUT2D eigenvalue weighted by molar-refractivity contribution is 0.311. The molecule has 0 unspecified atom stereocenters. The Bertz CT molecular complexity index is 548. The first-order chi connectivity index (χ1) is 8.81. The van der Waals surface area contributed by atoms with Crippen molar-refractivity contribution in [3.05, 3.63) is 35.8 Å². The van der Waals surface area contributed by atoms with Crippen LogP contribution < -0.4 is 5.32 Å². The number of hydrogen-bond acceptors (Lipinski definition) is 2. The van der Waals surface area contributed by atoms with Crippen molar-refractivity contribution in [2.75, 3.05) is 13.1 Å². The number of halogens is 1. The summed E-state index contributed by atoms with van der Waals surface area (Å²) in [6, 6.07) is 5.27. The predicted octanol–water partition coefficient (Wildman–Crippen LogP) is 3.68. The van der Waals surface area contributed by atoms with Gasteiger partial charge in [-0.2, -0.15) is 0 Å². The number of fused-ring (bicyclic) bond motifs is 1. The van der Waals surface area contributed by atoms with Crippen LogP contribution in [0.4, 0.5) is 4.39 Å². The van der Waals surface area contributed by atoms with E-state index in [1.54, 1.807) is 18.4 Å². The fourth-order valence-electron chi connectivity index (χ4n) is 3.11. The van der Waals surface area contributed by atoms with Crippen molar-refractivity contribution in [2.45, 2.75) is 25.7 Å². The molecule has 1 aromatic carbocycles. The third kappa shape index (κ3) is 1.83. The third-order valence-corrected chi connectivity index (χ3v) is 4.11. The first kappa shape index (κ1) is 11.7. The first-order valence-corrected chi connectivity index (χ1v) is 6.67. The second-order valence-corrected chi connectivity index (χ2v) is 5.07. The monoisotopic (exact) mass is 247 g/mol. The minimum Gasteiger partial charge on any atom is -0.464 e. The van der Waals surface area contributed by atoms with Gasteiger partial charge in [-0.25, -0.2) is 4.39 Å². The molecule has 3 rings (SSSR count). The van der Waals surface area contributed by atoms with E-state index in [1.807, 2.05) is 6.07 Å². The van der Waals surface area contributed by atoms with Crippen molar-refractivity contribution >= 4 is 11.0 Å². The van der Waals surface area contributed by atoms with Gasteiger partial charge in [0.15, 0.2) is 0 Å². The topological polar surface area (TPSA) is 25.2 Å². The van der Waals surface area contributed by atoms with Crippen LogP contribution in [0, 0.1) is 11.7 Å². The lowest BCUT2D eigenvalue weighted by Crippen LogP contribution is -2.35. The smallest absolute Gasteiger partial charge is 0.140 e. The zero-order valence-electron chi connectivity index (χ0n) is 10.6. The summed E-state index contributed by atoms with van der Waals surface area (Å²) in [6.07, 6.45) is 3.69. The van der Waals surface area contributed by atoms with Gasteiger partial charge in [0.2, 0.25) is 0 Å². The fraction of sp³-hybridized carbons (Fsp3) is 0.467. The molecular weight excluding hydrogens is 229 g/mol. The van der Waals surface area contributed by atoms with Gasteiger partial charge in [-0.15, -0.1) is 0 Å². The average Bonchev–Trinajstić information content (AvgIpc) is 2.87. The summed E-state index contributed by atoms with van der Waals surface area (Å²) in [5, 5.41) is 4.39. The maximum atomic E-state index is 14.2. The highest BCUT2D eigenvalue weighted by Crippen LogP contribution is 2.38. The molecule has 0 saturated carbocycles. The van der Waals surface area contributed by atoms with Gasteiger partial charge in [0.05, 0.1) is 6.26 Å². The van der Waals surface area contributed by atoms with E-state index in [2.05, 4.69) is 12.2 Å². The molecule has 0 spiro atoms. The second-order valence-electron chi connectivity index (χ2n) is 5.07. The van der Waals surface area contributed by atoms with Gasteiger partial charge in [-0.1, -0.05) is 13.3 Å². The maximum Gasteiger partial charge on any atom is 0.140 e. The molecule has 2 heterocycles. The minimum atomic E-state index is -0.122. The Morgan fingerprint density at radius 1 is 1.39 bits per heavy atom. The fourth-order valence-corrected chi connectivity index (χ4v) is 3.11. The van der Waals surface area contributed by atoms with Gasteiger partial charge in [-0.3, -0.25) is 0 Å². The molecule has 2 atom stereocenters. The zero-order chi connectivity index (χ0) is 12.5. The highest BCUT2D eigenvalue weighted by Gasteiger charge is 2.29. The van der Waals surface area contributed by atoms with Gasteiger partial charge in [-0.05, 0) is 49.5 Å². The molecule has 1 aromatic heterocycles. The molecule has 18 heavy (non-hydrogen) atoms. The predicted molar refractivity (Wildman–Crippen MR) is 70.2 cm³/mol. The lowest BCUT2D eigenvalue weighted by Gasteiger charge is -2.32. The molecule has 1 saturated heterocycles. The van der Waals surface area contributed by atoms with Crippen LogP contribution in [0.1, 0.15) is 31.2 Å². The Hall–Kier alpha value is -1.35. The minimum absolute atomic E-state index is 0.122. The van der Waals surface area contributed by atoms with Crippen LogP contribution >= 0.6 is 0 Å². The molecule has 96 valence electrons. The largest absolute Gasteiger partial charge is 0.464 e. The van der Waals surface area contributed by atoms with Gasteiger partial charge in [0, 0.05) is 10.9 Å². The van der Waals surface area contributed by atoms with E-state index in [4.69, 9.17) is 4.42 Å². The van der Waals surface area contributed by atoms with Crippen LogP contribution in [0.15, 0.2) is 28.9 Å². The van der Waals surface area contributed by atoms with E-state index in [1.165, 1.54) is 0 Å². The van der Waals surface area contributed by atoms with Crippen LogP contribution in [0.5, 0.6) is 0 Å². The summed E-state index contributed by atoms with van der Waals surface area (Å²) in [6.45, 7) is 4.10. The molecule has 1 aliphatic heterocycles. The van der Waals surface area contributed by atoms with E-state index >= 15 is 0 Å². The lowest BCUT2D eigenvalue weighted by atomic mass is 9.79. The molecule has 0 radical (unpaired) electrons. The number of benzene rings is 1. The molecule has 0 bridgehead atoms. The Morgan fingerprint density at radius 3 is 3.11 bits per heavy atom. The van der Waals surface area contributed by atoms with E-state index in [9.17, 15) is 4.39 Å². The van der Waals surface area contributed by atoms with Crippen molar-refractivity contribution in [3.8, 4) is 0 Å². The number of furan rings is 1. The first-order valence-electron chi connectivity index (χ1n) is 6.67. The van der Waals surface area contributed by atoms with Gasteiger partial charge >= 0.3 is 0 Å². The van der Waals surface area contributed by atoms with Crippen molar-refractivity contribution in [1.82, 2.24) is 5.32 Å². The Kier molecular flexibility index (Phi) is 3.08. The van der Waals surface area contributed by atoms with E-state index in [0.29, 0.717) is 5.92 Å². The van der Waals surface area contributed by atoms with E-state index in [0.717, 1.165) is 42.5 Å². The van der Waals surface area contributed by atoms with Crippen LogP contribution in [0.25, 0.3) is 11.0 Å². The summed E-state index contributed by atoms with van der Waals surface area (Å²) in [7, 11) is 0. The summed E-state index contributed by atoms with van der Waals surface area (Å²) < 4.78 is 19.7. The number of hydrogen-bond donors (Lipinski definition) is 1. The number of nitrogens with one attached hydrogen (secondary N) is 1. The molecule has 2 nitrogen and oxygen atoms in total. The van der Waals surface area contributed by atoms with Crippen LogP contribution in [0.3, 0.4) is 0 Å². The average molecular weight is 247 g/mol. The summed E-state index contributed by atoms with van der Waals surface area (Å²) in [5.74, 6) is 0.637. The van der Waals surface area contributed by atoms with Crippen molar-refractivity contribution in [1.29, 1.82) is 0 Å². The van der Waals surface area contributed by atoms with Crippen molar-refractivity contribution in [2.24, 2.45) is 5.92 Å². The Balaban J connectivity index is 2.11. The summed E-state index contributed by atoms with van der Waals surface area (Å²) in [4.78, 5) is 0. The quantitative estimate of drug-likeness (QED) is 0.875. The van der Waals surface area contributed by atoms with Crippen LogP contribution in [0.2, 0.25) is 0 Å². The number of piperidine rings is 1. The van der Waals surface area contributed by atoms with Gasteiger partial charge < -0.3 is 9.73 Å². The molecule has 1 N–H and O–H groups in total. The van der Waals surface area contributed by atoms with E-state index < -0.39 is 0 Å². The van der Waals surface area contributed by atoms with Crippen molar-refractivity contribution in [3.63, 3.8) is 0 Å². The maximum absolute atomic E-state index is 14.2. The highest BCUT2D eigenvalue weighted by molar-refractivity contribution is 5.81. The van der Waals surface area contributed by atoms with Gasteiger partial charge in [0.1, 0.15) is 11.4 Å². The molecule has 1 aliphatic rings. The molecule has 0 aliphatic carbocycles. The number of rotatable bonds is 2. The van der Waals surface area contributed by atoms with Crippen LogP contribution in [-0.2, 0) is 0 Å². The normalized spacial score (nSPS) is 24.6. The van der Waals surface area contributed by atoms with Crippen molar-refractivity contribution < 1.29 is 8.81 Å². The zero-order valence-corrected chi connectivity index (χ0v) is 10.6.